The van der Waals surface area contributed by atoms with Gasteiger partial charge in [0.1, 0.15) is 0 Å². The first-order chi connectivity index (χ1) is 13.0. The largest absolute Gasteiger partial charge is 0.476 e. The van der Waals surface area contributed by atoms with Crippen LogP contribution in [0.3, 0.4) is 0 Å². The van der Waals surface area contributed by atoms with Gasteiger partial charge in [-0.2, -0.15) is 8.42 Å². The van der Waals surface area contributed by atoms with Crippen LogP contribution in [0.5, 0.6) is 0 Å². The molecule has 0 fully saturated rings. The molecule has 0 saturated heterocycles. The number of hydrogen-bond donors (Lipinski definition) is 6. The van der Waals surface area contributed by atoms with Crippen molar-refractivity contribution in [1.82, 2.24) is 19.9 Å². The number of aromatic nitrogens is 4. The van der Waals surface area contributed by atoms with E-state index in [0.29, 0.717) is 0 Å². The average molecular weight is 422 g/mol. The fourth-order valence-electron chi connectivity index (χ4n) is 1.12. The number of aliphatic hydroxyl groups is 1. The number of aromatic carboxylic acids is 1. The lowest BCUT2D eigenvalue weighted by Crippen LogP contribution is -2.09. The molecular weight excluding hydrogens is 404 g/mol. The summed E-state index contributed by atoms with van der Waals surface area (Å²) in [6.45, 7) is 0. The van der Waals surface area contributed by atoms with Crippen LogP contribution in [0.4, 0.5) is 11.6 Å². The lowest BCUT2D eigenvalue weighted by Gasteiger charge is -1.98. The Bertz CT molecular complexity index is 854. The first-order valence-electron chi connectivity index (χ1n) is 6.56. The summed E-state index contributed by atoms with van der Waals surface area (Å²) >= 11 is 0. The van der Waals surface area contributed by atoms with Gasteiger partial charge in [-0.15, -0.1) is 0 Å². The predicted molar refractivity (Wildman–Crippen MR) is 93.5 cm³/mol. The molecule has 0 aliphatic rings. The first-order valence-corrected chi connectivity index (χ1v) is 7.96. The molecule has 28 heavy (non-hydrogen) atoms. The van der Waals surface area contributed by atoms with Crippen molar-refractivity contribution in [3.8, 4) is 0 Å². The first kappa shape index (κ1) is 26.8. The highest BCUT2D eigenvalue weighted by molar-refractivity contribution is 7.79. The van der Waals surface area contributed by atoms with Gasteiger partial charge < -0.3 is 26.4 Å². The number of anilines is 2. The maximum absolute atomic E-state index is 10.8. The van der Waals surface area contributed by atoms with E-state index in [2.05, 4.69) is 24.7 Å². The predicted octanol–water partition coefficient (Wildman–Crippen LogP) is -1.44. The fraction of sp³-hybridized carbons (Fsp3) is 0.167. The van der Waals surface area contributed by atoms with E-state index in [1.54, 1.807) is 0 Å². The standard InChI is InChI=1S/C6H7N3O2.C5H5N3O2.CH4O.H2O4S/c1-11-6(10)4-5(7)9-3-2-8-4;6-4-3(5(9)10)7-1-2-8-4;1-2;1-5(2,3)4/h2-3H,1H3,(H2,7,9);1-2H,(H2,6,8)(H,9,10);2H,1H3;(H2,1,2,3,4). The molecule has 0 aliphatic heterocycles. The van der Waals surface area contributed by atoms with Crippen molar-refractivity contribution in [3.05, 3.63) is 36.2 Å². The Morgan fingerprint density at radius 1 is 0.893 bits per heavy atom. The SMILES string of the molecule is CO.COC(=O)c1nccnc1N.Nc1nccnc1C(=O)O.O=S(=O)(O)O. The monoisotopic (exact) mass is 422 g/mol. The average Bonchev–Trinajstić information content (AvgIpc) is 2.62. The summed E-state index contributed by atoms with van der Waals surface area (Å²) in [6.07, 6.45) is 5.39. The summed E-state index contributed by atoms with van der Waals surface area (Å²) in [4.78, 5) is 35.4. The summed E-state index contributed by atoms with van der Waals surface area (Å²) in [5.74, 6) is -1.71. The van der Waals surface area contributed by atoms with E-state index < -0.39 is 22.3 Å². The maximum atomic E-state index is 10.8. The van der Waals surface area contributed by atoms with Crippen LogP contribution in [0.2, 0.25) is 0 Å². The molecule has 8 N–H and O–H groups in total. The number of hydrogen-bond acceptors (Lipinski definition) is 12. The molecule has 0 aromatic carbocycles. The van der Waals surface area contributed by atoms with Crippen LogP contribution in [-0.4, -0.2) is 73.8 Å². The number of ether oxygens (including phenoxy) is 1. The molecule has 15 nitrogen and oxygen atoms in total. The van der Waals surface area contributed by atoms with E-state index in [4.69, 9.17) is 39.2 Å². The maximum Gasteiger partial charge on any atom is 0.394 e. The van der Waals surface area contributed by atoms with E-state index in [1.807, 2.05) is 0 Å². The zero-order valence-corrected chi connectivity index (χ0v) is 15.3. The van der Waals surface area contributed by atoms with Crippen molar-refractivity contribution >= 4 is 34.0 Å². The summed E-state index contributed by atoms with van der Waals surface area (Å²) in [5.41, 5.74) is 10.3. The van der Waals surface area contributed by atoms with Crippen LogP contribution in [0.25, 0.3) is 0 Å². The van der Waals surface area contributed by atoms with E-state index in [-0.39, 0.29) is 23.0 Å². The molecule has 0 spiro atoms. The number of carboxylic acid groups (broad SMARTS) is 1. The van der Waals surface area contributed by atoms with Gasteiger partial charge in [-0.3, -0.25) is 9.11 Å². The lowest BCUT2D eigenvalue weighted by atomic mass is 10.4. The number of esters is 1. The molecule has 0 unspecified atom stereocenters. The Balaban J connectivity index is 0. The number of aliphatic hydroxyl groups excluding tert-OH is 1. The Morgan fingerprint density at radius 2 is 1.21 bits per heavy atom. The highest BCUT2D eigenvalue weighted by Gasteiger charge is 2.10. The molecule has 2 aromatic heterocycles. The summed E-state index contributed by atoms with van der Waals surface area (Å²) in [7, 11) is -2.41. The number of methoxy groups -OCH3 is 1. The molecule has 2 heterocycles. The Labute approximate surface area is 158 Å². The Kier molecular flexibility index (Phi) is 13.1. The molecule has 156 valence electrons. The third-order valence-corrected chi connectivity index (χ3v) is 2.03. The summed E-state index contributed by atoms with van der Waals surface area (Å²) < 4.78 is 36.0. The van der Waals surface area contributed by atoms with Crippen LogP contribution in [0, 0.1) is 0 Å². The molecule has 0 bridgehead atoms. The van der Waals surface area contributed by atoms with Crippen LogP contribution < -0.4 is 11.5 Å². The Hall–Kier alpha value is -3.47. The number of carboxylic acids is 1. The highest BCUT2D eigenvalue weighted by Crippen LogP contribution is 2.03. The minimum atomic E-state index is -4.67. The van der Waals surface area contributed by atoms with Gasteiger partial charge in [0.15, 0.2) is 23.0 Å². The second-order valence-electron chi connectivity index (χ2n) is 3.82. The molecule has 0 aliphatic carbocycles. The van der Waals surface area contributed by atoms with Crippen molar-refractivity contribution in [1.29, 1.82) is 0 Å². The van der Waals surface area contributed by atoms with Gasteiger partial charge in [0, 0.05) is 31.9 Å². The van der Waals surface area contributed by atoms with E-state index in [1.165, 1.54) is 31.9 Å². The lowest BCUT2D eigenvalue weighted by molar-refractivity contribution is 0.0594. The normalized spacial score (nSPS) is 9.18. The van der Waals surface area contributed by atoms with Gasteiger partial charge in [0.25, 0.3) is 0 Å². The molecule has 16 heteroatoms. The smallest absolute Gasteiger partial charge is 0.394 e. The number of nitrogens with two attached hydrogens (primary N) is 2. The Morgan fingerprint density at radius 3 is 1.46 bits per heavy atom. The summed E-state index contributed by atoms with van der Waals surface area (Å²) in [5, 5.41) is 15.4. The molecule has 0 amide bonds. The van der Waals surface area contributed by atoms with Crippen molar-refractivity contribution in [2.24, 2.45) is 0 Å². The van der Waals surface area contributed by atoms with E-state index in [9.17, 15) is 9.59 Å². The molecule has 0 radical (unpaired) electrons. The van der Waals surface area contributed by atoms with Crippen LogP contribution in [0.1, 0.15) is 21.0 Å². The van der Waals surface area contributed by atoms with Crippen molar-refractivity contribution in [3.63, 3.8) is 0 Å². The number of carbonyl (C=O) groups is 2. The highest BCUT2D eigenvalue weighted by atomic mass is 32.3. The fourth-order valence-corrected chi connectivity index (χ4v) is 1.12. The molecule has 0 atom stereocenters. The van der Waals surface area contributed by atoms with Crippen LogP contribution in [-0.2, 0) is 15.1 Å². The van der Waals surface area contributed by atoms with Crippen molar-refractivity contribution in [2.75, 3.05) is 25.7 Å². The zero-order valence-electron chi connectivity index (χ0n) is 14.5. The molecule has 2 aromatic rings. The minimum Gasteiger partial charge on any atom is -0.476 e. The van der Waals surface area contributed by atoms with Crippen molar-refractivity contribution < 1.29 is 42.1 Å². The quantitative estimate of drug-likeness (QED) is 0.239. The molecule has 0 saturated carbocycles. The second kappa shape index (κ2) is 13.7. The molecular formula is C12H18N6O9S. The van der Waals surface area contributed by atoms with Gasteiger partial charge >= 0.3 is 22.3 Å². The number of nitrogen functional groups attached to an aromatic ring is 2. The van der Waals surface area contributed by atoms with Gasteiger partial charge in [0.2, 0.25) is 0 Å². The van der Waals surface area contributed by atoms with Gasteiger partial charge in [-0.1, -0.05) is 0 Å². The van der Waals surface area contributed by atoms with Crippen LogP contribution >= 0.6 is 0 Å². The zero-order chi connectivity index (χ0) is 22.3. The third-order valence-electron chi connectivity index (χ3n) is 2.03. The van der Waals surface area contributed by atoms with Crippen LogP contribution in [0.15, 0.2) is 24.8 Å². The van der Waals surface area contributed by atoms with Gasteiger partial charge in [0.05, 0.1) is 7.11 Å². The van der Waals surface area contributed by atoms with Crippen molar-refractivity contribution in [2.45, 2.75) is 0 Å². The molecule has 2 rings (SSSR count). The van der Waals surface area contributed by atoms with E-state index in [0.717, 1.165) is 7.11 Å². The number of carbonyl (C=O) groups excluding carboxylic acids is 1. The van der Waals surface area contributed by atoms with Gasteiger partial charge in [-0.05, 0) is 0 Å². The second-order valence-corrected chi connectivity index (χ2v) is 4.72. The van der Waals surface area contributed by atoms with Gasteiger partial charge in [-0.25, -0.2) is 29.5 Å². The third kappa shape index (κ3) is 12.8. The minimum absolute atomic E-state index is 0.0509. The topological polar surface area (TPSA) is 262 Å². The summed E-state index contributed by atoms with van der Waals surface area (Å²) in [6, 6.07) is 0. The van der Waals surface area contributed by atoms with E-state index >= 15 is 0 Å². The number of rotatable bonds is 2. The number of nitrogens with zero attached hydrogens (tertiary/aromatic N) is 4.